The van der Waals surface area contributed by atoms with Crippen molar-refractivity contribution in [2.75, 3.05) is 11.1 Å². The Balaban J connectivity index is 2.11. The number of carbonyl (C=O) groups excluding carboxylic acids is 1. The molecule has 0 aromatic heterocycles. The fourth-order valence-corrected chi connectivity index (χ4v) is 3.51. The molecule has 0 bridgehead atoms. The molecule has 0 saturated heterocycles. The first-order valence-corrected chi connectivity index (χ1v) is 7.41. The van der Waals surface area contributed by atoms with Crippen molar-refractivity contribution >= 4 is 27.4 Å². The van der Waals surface area contributed by atoms with Crippen LogP contribution in [-0.2, 0) is 25.8 Å². The van der Waals surface area contributed by atoms with Crippen LogP contribution in [0.15, 0.2) is 23.1 Å². The predicted octanol–water partition coefficient (Wildman–Crippen LogP) is 0.820. The van der Waals surface area contributed by atoms with E-state index in [1.54, 1.807) is 12.1 Å². The minimum Gasteiger partial charge on any atom is -0.481 e. The molecule has 2 rings (SSSR count). The molecule has 0 saturated carbocycles. The summed E-state index contributed by atoms with van der Waals surface area (Å²) in [5.74, 6) is -1.40. The molecule has 0 aliphatic carbocycles. The fourth-order valence-electron chi connectivity index (χ4n) is 1.93. The number of anilines is 1. The Morgan fingerprint density at radius 2 is 2.00 bits per heavy atom. The summed E-state index contributed by atoms with van der Waals surface area (Å²) < 4.78 is 23.4. The normalized spacial score (nSPS) is 15.8. The third kappa shape index (κ3) is 3.11. The number of hydrogen-bond acceptors (Lipinski definition) is 4. The van der Waals surface area contributed by atoms with Crippen molar-refractivity contribution in [3.8, 4) is 0 Å². The number of benzene rings is 1. The van der Waals surface area contributed by atoms with Crippen molar-refractivity contribution < 1.29 is 23.1 Å². The standard InChI is InChI=1S/C12H13NO5S/c14-11(3-4-12(15)16)13-9-2-1-8-5-6-19(17,18)10(8)7-9/h1-2,7H,3-6H2,(H,13,14)(H,15,16). The van der Waals surface area contributed by atoms with Gasteiger partial charge in [0.25, 0.3) is 0 Å². The van der Waals surface area contributed by atoms with Crippen LogP contribution < -0.4 is 5.32 Å². The van der Waals surface area contributed by atoms with E-state index in [0.29, 0.717) is 12.1 Å². The van der Waals surface area contributed by atoms with E-state index in [1.165, 1.54) is 6.07 Å². The summed E-state index contributed by atoms with van der Waals surface area (Å²) in [6, 6.07) is 4.72. The number of sulfone groups is 1. The number of amides is 1. The summed E-state index contributed by atoms with van der Waals surface area (Å²) in [5.41, 5.74) is 1.13. The zero-order chi connectivity index (χ0) is 14.0. The SMILES string of the molecule is O=C(O)CCC(=O)Nc1ccc2c(c1)S(=O)(=O)CC2. The van der Waals surface area contributed by atoms with Gasteiger partial charge in [0.2, 0.25) is 5.91 Å². The molecule has 19 heavy (non-hydrogen) atoms. The van der Waals surface area contributed by atoms with Gasteiger partial charge in [-0.3, -0.25) is 9.59 Å². The third-order valence-electron chi connectivity index (χ3n) is 2.89. The minimum absolute atomic E-state index is 0.0960. The molecule has 1 aromatic carbocycles. The highest BCUT2D eigenvalue weighted by Gasteiger charge is 2.26. The lowest BCUT2D eigenvalue weighted by molar-refractivity contribution is -0.138. The molecule has 2 N–H and O–H groups in total. The fraction of sp³-hybridized carbons (Fsp3) is 0.333. The van der Waals surface area contributed by atoms with E-state index in [0.717, 1.165) is 5.56 Å². The molecular formula is C12H13NO5S. The van der Waals surface area contributed by atoms with Crippen LogP contribution in [-0.4, -0.2) is 31.2 Å². The molecule has 1 aliphatic rings. The number of fused-ring (bicyclic) bond motifs is 1. The Kier molecular flexibility index (Phi) is 3.57. The molecule has 0 unspecified atom stereocenters. The first-order chi connectivity index (χ1) is 8.88. The van der Waals surface area contributed by atoms with E-state index >= 15 is 0 Å². The van der Waals surface area contributed by atoms with Crippen molar-refractivity contribution in [2.45, 2.75) is 24.2 Å². The average molecular weight is 283 g/mol. The van der Waals surface area contributed by atoms with E-state index in [9.17, 15) is 18.0 Å². The summed E-state index contributed by atoms with van der Waals surface area (Å²) >= 11 is 0. The molecule has 1 amide bonds. The number of carbonyl (C=O) groups is 2. The van der Waals surface area contributed by atoms with Crippen molar-refractivity contribution in [3.05, 3.63) is 23.8 Å². The molecular weight excluding hydrogens is 270 g/mol. The Morgan fingerprint density at radius 1 is 1.26 bits per heavy atom. The molecule has 1 aromatic rings. The van der Waals surface area contributed by atoms with Crippen LogP contribution in [0.4, 0.5) is 5.69 Å². The molecule has 7 heteroatoms. The monoisotopic (exact) mass is 283 g/mol. The maximum absolute atomic E-state index is 11.7. The van der Waals surface area contributed by atoms with Gasteiger partial charge in [0.1, 0.15) is 0 Å². The first kappa shape index (κ1) is 13.5. The number of aliphatic carboxylic acids is 1. The lowest BCUT2D eigenvalue weighted by Crippen LogP contribution is -2.13. The van der Waals surface area contributed by atoms with Gasteiger partial charge in [0.15, 0.2) is 9.84 Å². The van der Waals surface area contributed by atoms with Crippen molar-refractivity contribution in [2.24, 2.45) is 0 Å². The lowest BCUT2D eigenvalue weighted by atomic mass is 10.1. The average Bonchev–Trinajstić information content (AvgIpc) is 2.63. The minimum atomic E-state index is -3.24. The third-order valence-corrected chi connectivity index (χ3v) is 4.68. The van der Waals surface area contributed by atoms with Crippen LogP contribution in [0, 0.1) is 0 Å². The second-order valence-corrected chi connectivity index (χ2v) is 6.41. The van der Waals surface area contributed by atoms with E-state index in [1.807, 2.05) is 0 Å². The van der Waals surface area contributed by atoms with Crippen LogP contribution in [0.25, 0.3) is 0 Å². The first-order valence-electron chi connectivity index (χ1n) is 5.76. The zero-order valence-corrected chi connectivity index (χ0v) is 10.9. The second kappa shape index (κ2) is 5.00. The van der Waals surface area contributed by atoms with E-state index in [2.05, 4.69) is 5.32 Å². The van der Waals surface area contributed by atoms with Crippen LogP contribution in [0.1, 0.15) is 18.4 Å². The van der Waals surface area contributed by atoms with Gasteiger partial charge in [0.05, 0.1) is 17.1 Å². The predicted molar refractivity (Wildman–Crippen MR) is 67.7 cm³/mol. The Bertz CT molecular complexity index is 636. The summed E-state index contributed by atoms with van der Waals surface area (Å²) in [7, 11) is -3.24. The van der Waals surface area contributed by atoms with Gasteiger partial charge in [0, 0.05) is 12.1 Å². The molecule has 0 radical (unpaired) electrons. The van der Waals surface area contributed by atoms with E-state index in [-0.39, 0.29) is 23.5 Å². The largest absolute Gasteiger partial charge is 0.481 e. The number of aryl methyl sites for hydroxylation is 1. The van der Waals surface area contributed by atoms with Gasteiger partial charge >= 0.3 is 5.97 Å². The smallest absolute Gasteiger partial charge is 0.303 e. The van der Waals surface area contributed by atoms with Gasteiger partial charge in [-0.05, 0) is 24.1 Å². The molecule has 0 atom stereocenters. The maximum atomic E-state index is 11.7. The highest BCUT2D eigenvalue weighted by molar-refractivity contribution is 7.91. The summed E-state index contributed by atoms with van der Waals surface area (Å²) in [4.78, 5) is 22.0. The van der Waals surface area contributed by atoms with Gasteiger partial charge in [-0.1, -0.05) is 6.07 Å². The maximum Gasteiger partial charge on any atom is 0.303 e. The molecule has 6 nitrogen and oxygen atoms in total. The molecule has 102 valence electrons. The summed E-state index contributed by atoms with van der Waals surface area (Å²) in [6.07, 6.45) is 0.0964. The Labute approximate surface area is 110 Å². The zero-order valence-electron chi connectivity index (χ0n) is 10.0. The highest BCUT2D eigenvalue weighted by Crippen LogP contribution is 2.28. The second-order valence-electron chi connectivity index (χ2n) is 4.33. The Hall–Kier alpha value is -1.89. The van der Waals surface area contributed by atoms with Crippen molar-refractivity contribution in [3.63, 3.8) is 0 Å². The number of nitrogens with one attached hydrogen (secondary N) is 1. The summed E-state index contributed by atoms with van der Waals surface area (Å²) in [5, 5.41) is 11.0. The van der Waals surface area contributed by atoms with E-state index < -0.39 is 21.7 Å². The van der Waals surface area contributed by atoms with Gasteiger partial charge in [-0.2, -0.15) is 0 Å². The molecule has 0 spiro atoms. The van der Waals surface area contributed by atoms with Crippen LogP contribution >= 0.6 is 0 Å². The Morgan fingerprint density at radius 3 is 2.68 bits per heavy atom. The van der Waals surface area contributed by atoms with Crippen molar-refractivity contribution in [1.82, 2.24) is 0 Å². The van der Waals surface area contributed by atoms with Crippen molar-refractivity contribution in [1.29, 1.82) is 0 Å². The van der Waals surface area contributed by atoms with Crippen LogP contribution in [0.3, 0.4) is 0 Å². The van der Waals surface area contributed by atoms with Crippen LogP contribution in [0.5, 0.6) is 0 Å². The number of hydrogen-bond donors (Lipinski definition) is 2. The molecule has 1 heterocycles. The van der Waals surface area contributed by atoms with E-state index in [4.69, 9.17) is 5.11 Å². The number of rotatable bonds is 4. The number of carboxylic acids is 1. The molecule has 0 fully saturated rings. The number of carboxylic acid groups (broad SMARTS) is 1. The van der Waals surface area contributed by atoms with Gasteiger partial charge < -0.3 is 10.4 Å². The lowest BCUT2D eigenvalue weighted by Gasteiger charge is -2.06. The quantitative estimate of drug-likeness (QED) is 0.852. The van der Waals surface area contributed by atoms with Gasteiger partial charge in [-0.15, -0.1) is 0 Å². The van der Waals surface area contributed by atoms with Gasteiger partial charge in [-0.25, -0.2) is 8.42 Å². The topological polar surface area (TPSA) is 101 Å². The highest BCUT2D eigenvalue weighted by atomic mass is 32.2. The van der Waals surface area contributed by atoms with Crippen LogP contribution in [0.2, 0.25) is 0 Å². The summed E-state index contributed by atoms with van der Waals surface area (Å²) in [6.45, 7) is 0. The molecule has 1 aliphatic heterocycles.